The first-order valence-corrected chi connectivity index (χ1v) is 9.33. The molecule has 1 saturated carbocycles. The Morgan fingerprint density at radius 2 is 1.83 bits per heavy atom. The number of carbonyl (C=O) groups excluding carboxylic acids is 1. The summed E-state index contributed by atoms with van der Waals surface area (Å²) in [6.07, 6.45) is 3.11. The molecule has 0 saturated heterocycles. The van der Waals surface area contributed by atoms with Crippen molar-refractivity contribution in [1.82, 2.24) is 4.72 Å². The topological polar surface area (TPSA) is 98.5 Å². The van der Waals surface area contributed by atoms with Crippen LogP contribution in [-0.4, -0.2) is 27.0 Å². The fraction of sp³-hybridized carbons (Fsp3) is 0.500. The molecule has 0 radical (unpaired) electrons. The maximum atomic E-state index is 12.7. The lowest BCUT2D eigenvalue weighted by Crippen LogP contribution is -2.58. The lowest BCUT2D eigenvalue weighted by molar-refractivity contribution is -0.124. The van der Waals surface area contributed by atoms with Crippen LogP contribution in [0, 0.1) is 0 Å². The van der Waals surface area contributed by atoms with E-state index in [4.69, 9.17) is 33.7 Å². The molecule has 0 aromatic heterocycles. The zero-order chi connectivity index (χ0) is 17.3. The van der Waals surface area contributed by atoms with Crippen LogP contribution in [0.4, 0.5) is 0 Å². The van der Waals surface area contributed by atoms with E-state index >= 15 is 0 Å². The van der Waals surface area contributed by atoms with Crippen molar-refractivity contribution in [2.24, 2.45) is 5.73 Å². The van der Waals surface area contributed by atoms with Crippen LogP contribution in [0.15, 0.2) is 17.0 Å². The first kappa shape index (κ1) is 18.3. The van der Waals surface area contributed by atoms with Gasteiger partial charge in [-0.25, -0.2) is 8.42 Å². The molecule has 1 aliphatic rings. The van der Waals surface area contributed by atoms with Gasteiger partial charge in [0.2, 0.25) is 15.9 Å². The van der Waals surface area contributed by atoms with Crippen molar-refractivity contribution in [1.29, 1.82) is 0 Å². The van der Waals surface area contributed by atoms with Gasteiger partial charge in [-0.2, -0.15) is 4.72 Å². The van der Waals surface area contributed by atoms with Gasteiger partial charge in [0.1, 0.15) is 16.2 Å². The first-order chi connectivity index (χ1) is 10.7. The van der Waals surface area contributed by atoms with Crippen LogP contribution in [0.1, 0.15) is 32.1 Å². The zero-order valence-corrected chi connectivity index (χ0v) is 14.9. The Hall–Kier alpha value is -1.02. The Morgan fingerprint density at radius 1 is 1.22 bits per heavy atom. The number of hydrogen-bond acceptors (Lipinski definition) is 4. The molecule has 1 fully saturated rings. The fourth-order valence-corrected chi connectivity index (χ4v) is 5.02. The number of nitrogens with one attached hydrogen (secondary N) is 1. The number of nitrogens with two attached hydrogens (primary N) is 1. The number of hydrogen-bond donors (Lipinski definition) is 2. The maximum absolute atomic E-state index is 12.7. The minimum Gasteiger partial charge on any atom is -0.495 e. The Kier molecular flexibility index (Phi) is 5.45. The lowest BCUT2D eigenvalue weighted by Gasteiger charge is -2.34. The molecule has 128 valence electrons. The second kappa shape index (κ2) is 6.84. The summed E-state index contributed by atoms with van der Waals surface area (Å²) in [6.45, 7) is 0. The molecule has 1 aliphatic carbocycles. The number of rotatable bonds is 5. The van der Waals surface area contributed by atoms with E-state index in [0.717, 1.165) is 19.3 Å². The van der Waals surface area contributed by atoms with E-state index in [9.17, 15) is 13.2 Å². The molecular weight excluding hydrogens is 363 g/mol. The quantitative estimate of drug-likeness (QED) is 0.819. The van der Waals surface area contributed by atoms with Crippen molar-refractivity contribution < 1.29 is 17.9 Å². The minimum absolute atomic E-state index is 0.0471. The standard InChI is InChI=1S/C14H18Cl2N2O4S/c1-22-11-7-10(16)12(8-9(11)15)23(20,21)18-14(13(17)19)5-3-2-4-6-14/h7-8,18H,2-6H2,1H3,(H2,17,19). The minimum atomic E-state index is -4.06. The SMILES string of the molecule is COc1cc(Cl)c(S(=O)(=O)NC2(C(N)=O)CCCCC2)cc1Cl. The van der Waals surface area contributed by atoms with Crippen molar-refractivity contribution in [2.45, 2.75) is 42.5 Å². The molecule has 0 aliphatic heterocycles. The average molecular weight is 381 g/mol. The molecule has 2 rings (SSSR count). The van der Waals surface area contributed by atoms with Crippen molar-refractivity contribution >= 4 is 39.1 Å². The summed E-state index contributed by atoms with van der Waals surface area (Å²) < 4.78 is 32.8. The number of ether oxygens (including phenoxy) is 1. The molecular formula is C14H18Cl2N2O4S. The number of carbonyl (C=O) groups is 1. The molecule has 3 N–H and O–H groups in total. The van der Waals surface area contributed by atoms with Crippen molar-refractivity contribution in [2.75, 3.05) is 7.11 Å². The maximum Gasteiger partial charge on any atom is 0.243 e. The number of methoxy groups -OCH3 is 1. The van der Waals surface area contributed by atoms with E-state index in [2.05, 4.69) is 4.72 Å². The summed E-state index contributed by atoms with van der Waals surface area (Å²) in [5, 5.41) is 0.0585. The third-order valence-corrected chi connectivity index (χ3v) is 6.30. The molecule has 1 amide bonds. The Balaban J connectivity index is 2.42. The number of amides is 1. The molecule has 6 nitrogen and oxygen atoms in total. The highest BCUT2D eigenvalue weighted by atomic mass is 35.5. The second-order valence-corrected chi connectivity index (χ2v) is 7.99. The highest BCUT2D eigenvalue weighted by Crippen LogP contribution is 2.35. The number of halogens is 2. The molecule has 23 heavy (non-hydrogen) atoms. The van der Waals surface area contributed by atoms with E-state index in [1.807, 2.05) is 0 Å². The van der Waals surface area contributed by atoms with Crippen LogP contribution < -0.4 is 15.2 Å². The third-order valence-electron chi connectivity index (χ3n) is 4.00. The molecule has 0 spiro atoms. The van der Waals surface area contributed by atoms with Crippen LogP contribution in [0.2, 0.25) is 10.0 Å². The molecule has 0 atom stereocenters. The third kappa shape index (κ3) is 3.74. The van der Waals surface area contributed by atoms with Gasteiger partial charge in [-0.05, 0) is 18.9 Å². The highest BCUT2D eigenvalue weighted by molar-refractivity contribution is 7.89. The van der Waals surface area contributed by atoms with E-state index < -0.39 is 21.5 Å². The first-order valence-electron chi connectivity index (χ1n) is 7.09. The van der Waals surface area contributed by atoms with Gasteiger partial charge in [0.05, 0.1) is 17.2 Å². The lowest BCUT2D eigenvalue weighted by atomic mass is 9.82. The van der Waals surface area contributed by atoms with Crippen molar-refractivity contribution in [3.8, 4) is 5.75 Å². The fourth-order valence-electron chi connectivity index (χ4n) is 2.74. The van der Waals surface area contributed by atoms with Gasteiger partial charge in [0.15, 0.2) is 0 Å². The normalized spacial score (nSPS) is 17.7. The summed E-state index contributed by atoms with van der Waals surface area (Å²) in [4.78, 5) is 11.6. The van der Waals surface area contributed by atoms with Gasteiger partial charge in [0.25, 0.3) is 0 Å². The van der Waals surface area contributed by atoms with Gasteiger partial charge in [-0.3, -0.25) is 4.79 Å². The van der Waals surface area contributed by atoms with E-state index in [-0.39, 0.29) is 20.7 Å². The van der Waals surface area contributed by atoms with Gasteiger partial charge < -0.3 is 10.5 Å². The Bertz CT molecular complexity index is 716. The monoisotopic (exact) mass is 380 g/mol. The van der Waals surface area contributed by atoms with Gasteiger partial charge in [-0.1, -0.05) is 42.5 Å². The van der Waals surface area contributed by atoms with Crippen LogP contribution >= 0.6 is 23.2 Å². The molecule has 0 heterocycles. The number of benzene rings is 1. The highest BCUT2D eigenvalue weighted by Gasteiger charge is 2.42. The smallest absolute Gasteiger partial charge is 0.243 e. The van der Waals surface area contributed by atoms with E-state index in [1.54, 1.807) is 0 Å². The Morgan fingerprint density at radius 3 is 2.35 bits per heavy atom. The summed E-state index contributed by atoms with van der Waals surface area (Å²) in [6, 6.07) is 2.51. The summed E-state index contributed by atoms with van der Waals surface area (Å²) in [7, 11) is -2.67. The molecule has 0 unspecified atom stereocenters. The van der Waals surface area contributed by atoms with E-state index in [0.29, 0.717) is 12.8 Å². The average Bonchev–Trinajstić information content (AvgIpc) is 2.49. The van der Waals surface area contributed by atoms with Gasteiger partial charge in [0, 0.05) is 6.07 Å². The second-order valence-electron chi connectivity index (χ2n) is 5.53. The van der Waals surface area contributed by atoms with Crippen molar-refractivity contribution in [3.05, 3.63) is 22.2 Å². The van der Waals surface area contributed by atoms with Crippen LogP contribution in [-0.2, 0) is 14.8 Å². The predicted molar refractivity (Wildman–Crippen MR) is 88.3 cm³/mol. The summed E-state index contributed by atoms with van der Waals surface area (Å²) in [5.41, 5.74) is 4.17. The van der Waals surface area contributed by atoms with E-state index in [1.165, 1.54) is 19.2 Å². The molecule has 1 aromatic rings. The predicted octanol–water partition coefficient (Wildman–Crippen LogP) is 2.47. The summed E-state index contributed by atoms with van der Waals surface area (Å²) in [5.74, 6) is -0.422. The molecule has 9 heteroatoms. The summed E-state index contributed by atoms with van der Waals surface area (Å²) >= 11 is 12.0. The van der Waals surface area contributed by atoms with Gasteiger partial charge >= 0.3 is 0 Å². The number of primary amides is 1. The number of sulfonamides is 1. The van der Waals surface area contributed by atoms with Crippen LogP contribution in [0.25, 0.3) is 0 Å². The van der Waals surface area contributed by atoms with Crippen LogP contribution in [0.5, 0.6) is 5.75 Å². The van der Waals surface area contributed by atoms with Crippen molar-refractivity contribution in [3.63, 3.8) is 0 Å². The molecule has 1 aromatic carbocycles. The largest absolute Gasteiger partial charge is 0.495 e. The van der Waals surface area contributed by atoms with Crippen LogP contribution in [0.3, 0.4) is 0 Å². The Labute approximate surface area is 145 Å². The molecule has 0 bridgehead atoms. The zero-order valence-electron chi connectivity index (χ0n) is 12.6. The van der Waals surface area contributed by atoms with Gasteiger partial charge in [-0.15, -0.1) is 0 Å².